The fourth-order valence-electron chi connectivity index (χ4n) is 3.15. The van der Waals surface area contributed by atoms with Crippen LogP contribution in [0.15, 0.2) is 71.2 Å². The van der Waals surface area contributed by atoms with Gasteiger partial charge in [0, 0.05) is 10.5 Å². The number of aliphatic carboxylic acids is 1. The third-order valence-corrected chi connectivity index (χ3v) is 4.83. The Bertz CT molecular complexity index is 970. The molecule has 0 spiro atoms. The minimum atomic E-state index is -0.927. The van der Waals surface area contributed by atoms with Crippen LogP contribution >= 0.6 is 15.9 Å². The molecule has 0 aliphatic rings. The van der Waals surface area contributed by atoms with Gasteiger partial charge in [-0.1, -0.05) is 70.5 Å². The second-order valence-corrected chi connectivity index (χ2v) is 7.47. The summed E-state index contributed by atoms with van der Waals surface area (Å²) in [5.41, 5.74) is 1.88. The molecule has 0 fully saturated rings. The van der Waals surface area contributed by atoms with Crippen molar-refractivity contribution in [3.05, 3.63) is 82.3 Å². The van der Waals surface area contributed by atoms with Gasteiger partial charge in [0.25, 0.3) is 0 Å². The molecule has 0 bridgehead atoms. The zero-order valence-corrected chi connectivity index (χ0v) is 16.3. The lowest BCUT2D eigenvalue weighted by molar-refractivity contribution is -0.137. The number of carbonyl (C=O) groups is 2. The average Bonchev–Trinajstić information content (AvgIpc) is 2.61. The molecule has 3 aromatic rings. The number of carboxylic acids is 1. The van der Waals surface area contributed by atoms with Crippen molar-refractivity contribution in [2.75, 3.05) is 0 Å². The summed E-state index contributed by atoms with van der Waals surface area (Å²) in [6.07, 6.45) is 0.575. The van der Waals surface area contributed by atoms with Crippen LogP contribution < -0.4 is 5.32 Å². The Balaban J connectivity index is 1.70. The molecule has 0 aliphatic heterocycles. The third kappa shape index (κ3) is 5.66. The van der Waals surface area contributed by atoms with Crippen molar-refractivity contribution in [3.8, 4) is 0 Å². The van der Waals surface area contributed by atoms with Gasteiger partial charge in [0.15, 0.2) is 0 Å². The van der Waals surface area contributed by atoms with E-state index in [1.807, 2.05) is 66.7 Å². The number of amides is 1. The molecule has 138 valence electrons. The fourth-order valence-corrected chi connectivity index (χ4v) is 3.59. The number of halogens is 1. The first-order valence-electron chi connectivity index (χ1n) is 8.73. The number of carbonyl (C=O) groups excluding carboxylic acids is 1. The smallest absolute Gasteiger partial charge is 0.305 e. The van der Waals surface area contributed by atoms with Crippen molar-refractivity contribution < 1.29 is 14.7 Å². The monoisotopic (exact) mass is 425 g/mol. The van der Waals surface area contributed by atoms with Crippen LogP contribution in [-0.2, 0) is 22.4 Å². The lowest BCUT2D eigenvalue weighted by Gasteiger charge is -2.17. The first-order chi connectivity index (χ1) is 13.0. The third-order valence-electron chi connectivity index (χ3n) is 4.34. The van der Waals surface area contributed by atoms with Gasteiger partial charge >= 0.3 is 5.97 Å². The molecule has 1 atom stereocenters. The number of benzene rings is 3. The van der Waals surface area contributed by atoms with Crippen LogP contribution in [0.2, 0.25) is 0 Å². The summed E-state index contributed by atoms with van der Waals surface area (Å²) in [6.45, 7) is 0. The van der Waals surface area contributed by atoms with Crippen molar-refractivity contribution in [2.24, 2.45) is 0 Å². The largest absolute Gasteiger partial charge is 0.481 e. The molecule has 0 saturated heterocycles. The second kappa shape index (κ2) is 8.82. The van der Waals surface area contributed by atoms with Crippen molar-refractivity contribution in [2.45, 2.75) is 25.3 Å². The van der Waals surface area contributed by atoms with Crippen LogP contribution in [0.3, 0.4) is 0 Å². The number of rotatable bonds is 7. The van der Waals surface area contributed by atoms with E-state index in [0.717, 1.165) is 26.4 Å². The van der Waals surface area contributed by atoms with Crippen LogP contribution in [0.1, 0.15) is 17.5 Å². The molecule has 1 amide bonds. The maximum atomic E-state index is 12.4. The highest BCUT2D eigenvalue weighted by atomic mass is 79.9. The Morgan fingerprint density at radius 3 is 2.44 bits per heavy atom. The second-order valence-electron chi connectivity index (χ2n) is 6.55. The van der Waals surface area contributed by atoms with E-state index in [9.17, 15) is 14.7 Å². The van der Waals surface area contributed by atoms with Gasteiger partial charge in [-0.2, -0.15) is 0 Å². The highest BCUT2D eigenvalue weighted by molar-refractivity contribution is 9.10. The van der Waals surface area contributed by atoms with Crippen LogP contribution in [-0.4, -0.2) is 23.0 Å². The van der Waals surface area contributed by atoms with E-state index in [4.69, 9.17) is 0 Å². The number of hydrogen-bond acceptors (Lipinski definition) is 2. The summed E-state index contributed by atoms with van der Waals surface area (Å²) in [5, 5.41) is 14.3. The lowest BCUT2D eigenvalue weighted by Crippen LogP contribution is -2.38. The molecular formula is C22H20BrNO3. The molecule has 5 heteroatoms. The van der Waals surface area contributed by atoms with Gasteiger partial charge in [-0.05, 0) is 40.5 Å². The Hall–Kier alpha value is -2.66. The first-order valence-corrected chi connectivity index (χ1v) is 9.52. The van der Waals surface area contributed by atoms with Gasteiger partial charge in [-0.25, -0.2) is 0 Å². The normalized spacial score (nSPS) is 11.9. The van der Waals surface area contributed by atoms with Crippen molar-refractivity contribution in [1.82, 2.24) is 5.32 Å². The predicted molar refractivity (Wildman–Crippen MR) is 110 cm³/mol. The quantitative estimate of drug-likeness (QED) is 0.591. The summed E-state index contributed by atoms with van der Waals surface area (Å²) in [6, 6.07) is 21.1. The van der Waals surface area contributed by atoms with Crippen molar-refractivity contribution in [3.63, 3.8) is 0 Å². The zero-order valence-electron chi connectivity index (χ0n) is 14.7. The van der Waals surface area contributed by atoms with Gasteiger partial charge in [-0.15, -0.1) is 0 Å². The van der Waals surface area contributed by atoms with E-state index >= 15 is 0 Å². The predicted octanol–water partition coefficient (Wildman–Crippen LogP) is 4.35. The Labute approximate surface area is 166 Å². The van der Waals surface area contributed by atoms with Crippen LogP contribution in [0.4, 0.5) is 0 Å². The number of hydrogen-bond donors (Lipinski definition) is 2. The number of fused-ring (bicyclic) bond motifs is 1. The average molecular weight is 426 g/mol. The molecule has 27 heavy (non-hydrogen) atoms. The van der Waals surface area contributed by atoms with E-state index < -0.39 is 12.0 Å². The highest BCUT2D eigenvalue weighted by Crippen LogP contribution is 2.17. The molecule has 3 aromatic carbocycles. The lowest BCUT2D eigenvalue weighted by atomic mass is 9.99. The molecule has 0 aliphatic carbocycles. The summed E-state index contributed by atoms with van der Waals surface area (Å²) < 4.78 is 0.908. The van der Waals surface area contributed by atoms with Crippen LogP contribution in [0.25, 0.3) is 10.8 Å². The fraction of sp³-hybridized carbons (Fsp3) is 0.182. The molecule has 0 heterocycles. The standard InChI is InChI=1S/C22H20BrNO3/c23-19-7-3-4-15(11-19)13-21(25)24-20(14-22(26)27)12-16-8-9-17-5-1-2-6-18(17)10-16/h1-11,20H,12-14H2,(H,24,25)(H,26,27). The van der Waals surface area contributed by atoms with Crippen molar-refractivity contribution in [1.29, 1.82) is 0 Å². The van der Waals surface area contributed by atoms with Gasteiger partial charge in [0.2, 0.25) is 5.91 Å². The van der Waals surface area contributed by atoms with Gasteiger partial charge < -0.3 is 10.4 Å². The van der Waals surface area contributed by atoms with E-state index in [1.54, 1.807) is 0 Å². The van der Waals surface area contributed by atoms with E-state index in [-0.39, 0.29) is 18.7 Å². The maximum Gasteiger partial charge on any atom is 0.305 e. The molecule has 0 saturated carbocycles. The molecule has 0 radical (unpaired) electrons. The first kappa shape index (κ1) is 19.1. The van der Waals surface area contributed by atoms with E-state index in [2.05, 4.69) is 21.2 Å². The number of carboxylic acid groups (broad SMARTS) is 1. The summed E-state index contributed by atoms with van der Waals surface area (Å²) >= 11 is 3.39. The molecule has 1 unspecified atom stereocenters. The SMILES string of the molecule is O=C(O)CC(Cc1ccc2ccccc2c1)NC(=O)Cc1cccc(Br)c1. The minimum Gasteiger partial charge on any atom is -0.481 e. The Morgan fingerprint density at radius 2 is 1.70 bits per heavy atom. The van der Waals surface area contributed by atoms with E-state index in [0.29, 0.717) is 6.42 Å². The topological polar surface area (TPSA) is 66.4 Å². The Kier molecular flexibility index (Phi) is 6.24. The molecule has 3 rings (SSSR count). The van der Waals surface area contributed by atoms with Crippen molar-refractivity contribution >= 4 is 38.6 Å². The van der Waals surface area contributed by atoms with Gasteiger partial charge in [-0.3, -0.25) is 9.59 Å². The zero-order chi connectivity index (χ0) is 19.2. The summed E-state index contributed by atoms with van der Waals surface area (Å²) in [4.78, 5) is 23.6. The van der Waals surface area contributed by atoms with E-state index in [1.165, 1.54) is 0 Å². The highest BCUT2D eigenvalue weighted by Gasteiger charge is 2.17. The molecule has 4 nitrogen and oxygen atoms in total. The van der Waals surface area contributed by atoms with Crippen LogP contribution in [0.5, 0.6) is 0 Å². The minimum absolute atomic E-state index is 0.114. The van der Waals surface area contributed by atoms with Gasteiger partial charge in [0.1, 0.15) is 0 Å². The summed E-state index contributed by atoms with van der Waals surface area (Å²) in [7, 11) is 0. The Morgan fingerprint density at radius 1 is 0.926 bits per heavy atom. The summed E-state index contributed by atoms with van der Waals surface area (Å²) in [5.74, 6) is -1.11. The van der Waals surface area contributed by atoms with Crippen LogP contribution in [0, 0.1) is 0 Å². The number of nitrogens with one attached hydrogen (secondary N) is 1. The maximum absolute atomic E-state index is 12.4. The molecular weight excluding hydrogens is 406 g/mol. The van der Waals surface area contributed by atoms with Gasteiger partial charge in [0.05, 0.1) is 12.8 Å². The molecule has 0 aromatic heterocycles. The molecule has 2 N–H and O–H groups in total.